The van der Waals surface area contributed by atoms with Crippen molar-refractivity contribution in [1.29, 1.82) is 0 Å². The Bertz CT molecular complexity index is 833. The summed E-state index contributed by atoms with van der Waals surface area (Å²) in [5, 5.41) is 4.13. The summed E-state index contributed by atoms with van der Waals surface area (Å²) in [6.07, 6.45) is 3.37. The van der Waals surface area contributed by atoms with E-state index in [1.54, 1.807) is 37.5 Å². The molecule has 1 aromatic carbocycles. The number of fused-ring (bicyclic) bond motifs is 1. The number of carbonyl (C=O) groups is 1. The number of rotatable bonds is 2. The van der Waals surface area contributed by atoms with Crippen LogP contribution in [0.1, 0.15) is 16.1 Å². The smallest absolute Gasteiger partial charge is 0.257 e. The van der Waals surface area contributed by atoms with Gasteiger partial charge in [-0.15, -0.1) is 0 Å². The maximum atomic E-state index is 12.4. The number of pyridine rings is 2. The average Bonchev–Trinajstić information content (AvgIpc) is 2.49. The monoisotopic (exact) mass is 297 g/mol. The molecule has 3 aromatic rings. The van der Waals surface area contributed by atoms with Crippen molar-refractivity contribution < 1.29 is 4.79 Å². The highest BCUT2D eigenvalue weighted by Gasteiger charge is 2.13. The molecule has 0 aliphatic rings. The van der Waals surface area contributed by atoms with Gasteiger partial charge in [0, 0.05) is 17.8 Å². The van der Waals surface area contributed by atoms with Gasteiger partial charge in [0.25, 0.3) is 5.91 Å². The van der Waals surface area contributed by atoms with Crippen LogP contribution in [0.15, 0.2) is 48.8 Å². The quantitative estimate of drug-likeness (QED) is 0.782. The van der Waals surface area contributed by atoms with Crippen molar-refractivity contribution in [2.24, 2.45) is 0 Å². The molecule has 0 aliphatic carbocycles. The van der Waals surface area contributed by atoms with Gasteiger partial charge in [0.05, 0.1) is 27.5 Å². The Hall–Kier alpha value is -2.46. The normalized spacial score (nSPS) is 10.6. The number of nitrogens with one attached hydrogen (secondary N) is 1. The Morgan fingerprint density at radius 2 is 2.05 bits per heavy atom. The second-order valence-corrected chi connectivity index (χ2v) is 5.03. The third kappa shape index (κ3) is 2.71. The van der Waals surface area contributed by atoms with Crippen molar-refractivity contribution in [3.63, 3.8) is 0 Å². The van der Waals surface area contributed by atoms with E-state index in [1.165, 1.54) is 0 Å². The van der Waals surface area contributed by atoms with Gasteiger partial charge in [-0.3, -0.25) is 14.8 Å². The predicted octanol–water partition coefficient (Wildman–Crippen LogP) is 3.84. The molecule has 0 radical (unpaired) electrons. The van der Waals surface area contributed by atoms with E-state index in [0.29, 0.717) is 22.0 Å². The minimum atomic E-state index is -0.237. The third-order valence-electron chi connectivity index (χ3n) is 3.17. The first kappa shape index (κ1) is 13.5. The van der Waals surface area contributed by atoms with Gasteiger partial charge in [-0.1, -0.05) is 23.7 Å². The van der Waals surface area contributed by atoms with Gasteiger partial charge in [-0.25, -0.2) is 0 Å². The first-order valence-electron chi connectivity index (χ1n) is 6.42. The predicted molar refractivity (Wildman–Crippen MR) is 83.7 cm³/mol. The number of hydrogen-bond donors (Lipinski definition) is 1. The molecule has 104 valence electrons. The van der Waals surface area contributed by atoms with Gasteiger partial charge in [-0.2, -0.15) is 0 Å². The molecule has 1 N–H and O–H groups in total. The van der Waals surface area contributed by atoms with Gasteiger partial charge in [0.1, 0.15) is 0 Å². The van der Waals surface area contributed by atoms with Crippen LogP contribution in [-0.2, 0) is 0 Å². The summed E-state index contributed by atoms with van der Waals surface area (Å²) in [5.74, 6) is -0.237. The Morgan fingerprint density at radius 3 is 2.86 bits per heavy atom. The number of aryl methyl sites for hydroxylation is 1. The van der Waals surface area contributed by atoms with E-state index in [9.17, 15) is 4.79 Å². The van der Waals surface area contributed by atoms with Crippen LogP contribution >= 0.6 is 11.6 Å². The van der Waals surface area contributed by atoms with Gasteiger partial charge >= 0.3 is 0 Å². The van der Waals surface area contributed by atoms with E-state index in [-0.39, 0.29) is 5.91 Å². The molecule has 0 spiro atoms. The minimum Gasteiger partial charge on any atom is -0.321 e. The lowest BCUT2D eigenvalue weighted by Crippen LogP contribution is -2.14. The fourth-order valence-corrected chi connectivity index (χ4v) is 2.28. The summed E-state index contributed by atoms with van der Waals surface area (Å²) < 4.78 is 0. The highest BCUT2D eigenvalue weighted by Crippen LogP contribution is 2.22. The summed E-state index contributed by atoms with van der Waals surface area (Å²) >= 11 is 6.05. The molecular weight excluding hydrogens is 286 g/mol. The molecule has 0 fully saturated rings. The molecule has 0 saturated heterocycles. The van der Waals surface area contributed by atoms with Crippen LogP contribution in [0, 0.1) is 6.92 Å². The van der Waals surface area contributed by atoms with E-state index >= 15 is 0 Å². The fourth-order valence-electron chi connectivity index (χ4n) is 2.10. The number of carbonyl (C=O) groups excluding carboxylic acids is 1. The number of hydrogen-bond acceptors (Lipinski definition) is 3. The maximum absolute atomic E-state index is 12.4. The molecule has 4 nitrogen and oxygen atoms in total. The zero-order valence-corrected chi connectivity index (χ0v) is 12.1. The first-order chi connectivity index (χ1) is 10.1. The van der Waals surface area contributed by atoms with Crippen LogP contribution in [0.3, 0.4) is 0 Å². The summed E-state index contributed by atoms with van der Waals surface area (Å²) in [7, 11) is 0. The molecule has 3 rings (SSSR count). The molecular formula is C16H12ClN3O. The molecule has 0 aliphatic heterocycles. The number of para-hydroxylation sites is 1. The Labute approximate surface area is 126 Å². The van der Waals surface area contributed by atoms with E-state index < -0.39 is 0 Å². The van der Waals surface area contributed by atoms with Crippen LogP contribution in [-0.4, -0.2) is 15.9 Å². The van der Waals surface area contributed by atoms with Crippen molar-refractivity contribution in [2.75, 3.05) is 5.32 Å². The number of nitrogens with zero attached hydrogens (tertiary/aromatic N) is 2. The summed E-state index contributed by atoms with van der Waals surface area (Å²) in [4.78, 5) is 20.9. The van der Waals surface area contributed by atoms with Crippen LogP contribution in [0.4, 0.5) is 5.69 Å². The van der Waals surface area contributed by atoms with Crippen LogP contribution < -0.4 is 5.32 Å². The van der Waals surface area contributed by atoms with Crippen molar-refractivity contribution in [1.82, 2.24) is 9.97 Å². The number of halogens is 1. The number of aromatic nitrogens is 2. The number of anilines is 1. The second kappa shape index (κ2) is 5.50. The highest BCUT2D eigenvalue weighted by atomic mass is 35.5. The third-order valence-corrected chi connectivity index (χ3v) is 3.50. The molecule has 2 aromatic heterocycles. The number of benzene rings is 1. The van der Waals surface area contributed by atoms with Crippen LogP contribution in [0.25, 0.3) is 10.9 Å². The van der Waals surface area contributed by atoms with E-state index in [1.807, 2.05) is 18.2 Å². The lowest BCUT2D eigenvalue weighted by Gasteiger charge is -2.09. The van der Waals surface area contributed by atoms with Crippen LogP contribution in [0.5, 0.6) is 0 Å². The standard InChI is InChI=1S/C16H12ClN3O/c1-10-12(8-11-9-18-7-6-14(11)19-10)16(21)20-15-5-3-2-4-13(15)17/h2-9H,1H3,(H,20,21). The lowest BCUT2D eigenvalue weighted by atomic mass is 10.1. The molecule has 5 heteroatoms. The van der Waals surface area contributed by atoms with E-state index in [2.05, 4.69) is 15.3 Å². The molecule has 0 atom stereocenters. The SMILES string of the molecule is Cc1nc2ccncc2cc1C(=O)Nc1ccccc1Cl. The molecule has 2 heterocycles. The molecule has 0 bridgehead atoms. The van der Waals surface area contributed by atoms with Crippen molar-refractivity contribution in [3.8, 4) is 0 Å². The van der Waals surface area contributed by atoms with E-state index in [4.69, 9.17) is 11.6 Å². The second-order valence-electron chi connectivity index (χ2n) is 4.62. The first-order valence-corrected chi connectivity index (χ1v) is 6.80. The van der Waals surface area contributed by atoms with Crippen molar-refractivity contribution >= 4 is 34.1 Å². The average molecular weight is 298 g/mol. The molecule has 0 unspecified atom stereocenters. The number of amides is 1. The molecule has 1 amide bonds. The zero-order chi connectivity index (χ0) is 14.8. The Balaban J connectivity index is 1.98. The van der Waals surface area contributed by atoms with Gasteiger partial charge in [0.2, 0.25) is 0 Å². The van der Waals surface area contributed by atoms with Gasteiger partial charge < -0.3 is 5.32 Å². The van der Waals surface area contributed by atoms with Crippen LogP contribution in [0.2, 0.25) is 5.02 Å². The molecule has 21 heavy (non-hydrogen) atoms. The Kier molecular flexibility index (Phi) is 3.54. The summed E-state index contributed by atoms with van der Waals surface area (Å²) in [5.41, 5.74) is 2.57. The Morgan fingerprint density at radius 1 is 1.24 bits per heavy atom. The van der Waals surface area contributed by atoms with Gasteiger partial charge in [0.15, 0.2) is 0 Å². The largest absolute Gasteiger partial charge is 0.321 e. The molecule has 0 saturated carbocycles. The minimum absolute atomic E-state index is 0.237. The summed E-state index contributed by atoms with van der Waals surface area (Å²) in [6.45, 7) is 1.81. The lowest BCUT2D eigenvalue weighted by molar-refractivity contribution is 0.102. The topological polar surface area (TPSA) is 54.9 Å². The van der Waals surface area contributed by atoms with E-state index in [0.717, 1.165) is 10.9 Å². The maximum Gasteiger partial charge on any atom is 0.257 e. The fraction of sp³-hybridized carbons (Fsp3) is 0.0625. The zero-order valence-electron chi connectivity index (χ0n) is 11.3. The van der Waals surface area contributed by atoms with Crippen molar-refractivity contribution in [3.05, 3.63) is 65.1 Å². The van der Waals surface area contributed by atoms with Crippen molar-refractivity contribution in [2.45, 2.75) is 6.92 Å². The van der Waals surface area contributed by atoms with Gasteiger partial charge in [-0.05, 0) is 31.2 Å². The highest BCUT2D eigenvalue weighted by molar-refractivity contribution is 6.33. The summed E-state index contributed by atoms with van der Waals surface area (Å²) in [6, 6.07) is 10.7.